The summed E-state index contributed by atoms with van der Waals surface area (Å²) in [4.78, 5) is 0. The van der Waals surface area contributed by atoms with Crippen LogP contribution >= 0.6 is 0 Å². The molecule has 0 amide bonds. The number of hydrogen-bond acceptors (Lipinski definition) is 2. The fourth-order valence-electron chi connectivity index (χ4n) is 1.51. The van der Waals surface area contributed by atoms with Gasteiger partial charge in [0.2, 0.25) is 0 Å². The zero-order chi connectivity index (χ0) is 10.4. The van der Waals surface area contributed by atoms with Crippen molar-refractivity contribution in [3.8, 4) is 0 Å². The van der Waals surface area contributed by atoms with Gasteiger partial charge in [0.25, 0.3) is 0 Å². The fraction of sp³-hybridized carbons (Fsp3) is 1.00. The first-order valence-electron chi connectivity index (χ1n) is 5.37. The Kier molecular flexibility index (Phi) is 6.35. The van der Waals surface area contributed by atoms with E-state index in [2.05, 4.69) is 51.9 Å². The molecule has 0 aromatic carbocycles. The predicted molar refractivity (Wildman–Crippen MR) is 59.6 cm³/mol. The minimum Gasteiger partial charge on any atom is -0.248 e. The standard InChI is InChI=1S/C11H26N2/c1-7-8-11(10(2)3)9-13(6)12(4)5/h10-11H,7-9H2,1-6H3. The average Bonchev–Trinajstić information content (AvgIpc) is 2.03. The minimum atomic E-state index is 0.794. The minimum absolute atomic E-state index is 0.794. The summed E-state index contributed by atoms with van der Waals surface area (Å²) in [5.41, 5.74) is 0. The van der Waals surface area contributed by atoms with Crippen molar-refractivity contribution in [2.24, 2.45) is 11.8 Å². The van der Waals surface area contributed by atoms with Gasteiger partial charge in [-0.1, -0.05) is 27.2 Å². The fourth-order valence-corrected chi connectivity index (χ4v) is 1.51. The van der Waals surface area contributed by atoms with E-state index in [9.17, 15) is 0 Å². The Balaban J connectivity index is 3.94. The molecule has 2 nitrogen and oxygen atoms in total. The van der Waals surface area contributed by atoms with Gasteiger partial charge in [0.05, 0.1) is 0 Å². The van der Waals surface area contributed by atoms with Crippen molar-refractivity contribution in [3.05, 3.63) is 0 Å². The monoisotopic (exact) mass is 186 g/mol. The van der Waals surface area contributed by atoms with Crippen LogP contribution in [0.5, 0.6) is 0 Å². The van der Waals surface area contributed by atoms with Gasteiger partial charge in [-0.25, -0.2) is 10.0 Å². The molecule has 0 aromatic rings. The van der Waals surface area contributed by atoms with Crippen molar-refractivity contribution >= 4 is 0 Å². The lowest BCUT2D eigenvalue weighted by molar-refractivity contribution is 0.0293. The summed E-state index contributed by atoms with van der Waals surface area (Å²) in [6, 6.07) is 0. The lowest BCUT2D eigenvalue weighted by Gasteiger charge is -2.30. The van der Waals surface area contributed by atoms with Crippen molar-refractivity contribution in [2.45, 2.75) is 33.6 Å². The van der Waals surface area contributed by atoms with Crippen LogP contribution in [0.2, 0.25) is 0 Å². The first-order valence-corrected chi connectivity index (χ1v) is 5.37. The van der Waals surface area contributed by atoms with E-state index in [-0.39, 0.29) is 0 Å². The Labute approximate surface area is 83.9 Å². The maximum absolute atomic E-state index is 2.32. The topological polar surface area (TPSA) is 6.48 Å². The van der Waals surface area contributed by atoms with Crippen LogP contribution in [0.15, 0.2) is 0 Å². The third-order valence-electron chi connectivity index (χ3n) is 2.78. The van der Waals surface area contributed by atoms with Crippen molar-refractivity contribution in [2.75, 3.05) is 27.7 Å². The maximum Gasteiger partial charge on any atom is 0.0160 e. The van der Waals surface area contributed by atoms with Gasteiger partial charge in [-0.15, -0.1) is 0 Å². The van der Waals surface area contributed by atoms with Crippen molar-refractivity contribution < 1.29 is 0 Å². The van der Waals surface area contributed by atoms with Gasteiger partial charge in [0.1, 0.15) is 0 Å². The molecule has 2 heteroatoms. The van der Waals surface area contributed by atoms with Crippen LogP contribution in [0.1, 0.15) is 33.6 Å². The van der Waals surface area contributed by atoms with Crippen molar-refractivity contribution in [1.29, 1.82) is 0 Å². The Hall–Kier alpha value is -0.0800. The highest BCUT2D eigenvalue weighted by Gasteiger charge is 2.15. The largest absolute Gasteiger partial charge is 0.248 e. The van der Waals surface area contributed by atoms with Crippen molar-refractivity contribution in [1.82, 2.24) is 10.0 Å². The second kappa shape index (κ2) is 6.39. The molecule has 0 aliphatic heterocycles. The summed E-state index contributed by atoms with van der Waals surface area (Å²) >= 11 is 0. The summed E-state index contributed by atoms with van der Waals surface area (Å²) in [7, 11) is 6.36. The first-order chi connectivity index (χ1) is 5.99. The van der Waals surface area contributed by atoms with E-state index >= 15 is 0 Å². The lowest BCUT2D eigenvalue weighted by Crippen LogP contribution is -2.38. The highest BCUT2D eigenvalue weighted by atomic mass is 15.6. The molecule has 0 aromatic heterocycles. The first kappa shape index (κ1) is 12.9. The molecule has 0 saturated carbocycles. The third-order valence-corrected chi connectivity index (χ3v) is 2.78. The van der Waals surface area contributed by atoms with Gasteiger partial charge in [-0.2, -0.15) is 0 Å². The van der Waals surface area contributed by atoms with E-state index in [0.29, 0.717) is 0 Å². The van der Waals surface area contributed by atoms with Crippen LogP contribution in [0.4, 0.5) is 0 Å². The molecule has 0 spiro atoms. The molecule has 80 valence electrons. The number of hydrazine groups is 1. The van der Waals surface area contributed by atoms with Gasteiger partial charge in [0.15, 0.2) is 0 Å². The molecular formula is C11H26N2. The molecule has 13 heavy (non-hydrogen) atoms. The van der Waals surface area contributed by atoms with Gasteiger partial charge in [-0.05, 0) is 18.3 Å². The maximum atomic E-state index is 2.32. The number of rotatable bonds is 6. The van der Waals surface area contributed by atoms with E-state index in [1.807, 2.05) is 0 Å². The van der Waals surface area contributed by atoms with Gasteiger partial charge in [-0.3, -0.25) is 0 Å². The number of hydrogen-bond donors (Lipinski definition) is 0. The van der Waals surface area contributed by atoms with Gasteiger partial charge >= 0.3 is 0 Å². The molecule has 0 aliphatic rings. The van der Waals surface area contributed by atoms with Gasteiger partial charge in [0, 0.05) is 27.7 Å². The highest BCUT2D eigenvalue weighted by molar-refractivity contribution is 4.65. The normalized spacial score (nSPS) is 14.5. The van der Waals surface area contributed by atoms with E-state index in [1.165, 1.54) is 19.4 Å². The zero-order valence-electron chi connectivity index (χ0n) is 10.2. The smallest absolute Gasteiger partial charge is 0.0160 e. The summed E-state index contributed by atoms with van der Waals surface area (Å²) in [5, 5.41) is 4.45. The Morgan fingerprint density at radius 1 is 1.08 bits per heavy atom. The molecule has 0 heterocycles. The molecule has 0 fully saturated rings. The SMILES string of the molecule is CCCC(CN(C)N(C)C)C(C)C. The predicted octanol–water partition coefficient (Wildman–Crippen LogP) is 2.47. The van der Waals surface area contributed by atoms with Crippen LogP contribution in [0.25, 0.3) is 0 Å². The molecule has 0 radical (unpaired) electrons. The molecule has 0 saturated heterocycles. The van der Waals surface area contributed by atoms with E-state index < -0.39 is 0 Å². The average molecular weight is 186 g/mol. The number of nitrogens with zero attached hydrogens (tertiary/aromatic N) is 2. The molecule has 0 aliphatic carbocycles. The van der Waals surface area contributed by atoms with Crippen LogP contribution in [-0.2, 0) is 0 Å². The second-order valence-electron chi connectivity index (χ2n) is 4.48. The van der Waals surface area contributed by atoms with Crippen molar-refractivity contribution in [3.63, 3.8) is 0 Å². The quantitative estimate of drug-likeness (QED) is 0.588. The molecule has 1 unspecified atom stereocenters. The van der Waals surface area contributed by atoms with Crippen LogP contribution in [0, 0.1) is 11.8 Å². The van der Waals surface area contributed by atoms with Crippen LogP contribution in [-0.4, -0.2) is 37.7 Å². The lowest BCUT2D eigenvalue weighted by atomic mass is 9.91. The van der Waals surface area contributed by atoms with Crippen LogP contribution in [0.3, 0.4) is 0 Å². The molecule has 0 rings (SSSR count). The van der Waals surface area contributed by atoms with Gasteiger partial charge < -0.3 is 0 Å². The Morgan fingerprint density at radius 2 is 1.62 bits per heavy atom. The third kappa shape index (κ3) is 5.27. The Bertz CT molecular complexity index is 121. The van der Waals surface area contributed by atoms with E-state index in [0.717, 1.165) is 11.8 Å². The molecule has 0 N–H and O–H groups in total. The molecule has 0 bridgehead atoms. The van der Waals surface area contributed by atoms with E-state index in [1.54, 1.807) is 0 Å². The summed E-state index contributed by atoms with van der Waals surface area (Å²) in [6.45, 7) is 8.09. The second-order valence-corrected chi connectivity index (χ2v) is 4.48. The summed E-state index contributed by atoms with van der Waals surface area (Å²) < 4.78 is 0. The zero-order valence-corrected chi connectivity index (χ0v) is 10.2. The van der Waals surface area contributed by atoms with Crippen LogP contribution < -0.4 is 0 Å². The highest BCUT2D eigenvalue weighted by Crippen LogP contribution is 2.18. The summed E-state index contributed by atoms with van der Waals surface area (Å²) in [5.74, 6) is 1.62. The summed E-state index contributed by atoms with van der Waals surface area (Å²) in [6.07, 6.45) is 2.64. The van der Waals surface area contributed by atoms with E-state index in [4.69, 9.17) is 0 Å². The molecular weight excluding hydrogens is 160 g/mol. The molecule has 1 atom stereocenters. The Morgan fingerprint density at radius 3 is 1.92 bits per heavy atom.